The fraction of sp³-hybridized carbons (Fsp3) is 0.294. The van der Waals surface area contributed by atoms with Crippen LogP contribution < -0.4 is 5.73 Å². The SMILES string of the molecule is Cc1cc(C(N)CCc2ccc(C(F)(F)F)cc2)ccc1Cl. The highest BCUT2D eigenvalue weighted by Gasteiger charge is 2.29. The molecule has 0 radical (unpaired) electrons. The number of hydrogen-bond acceptors (Lipinski definition) is 1. The average molecular weight is 328 g/mol. The molecule has 0 fully saturated rings. The molecule has 2 aromatic rings. The van der Waals surface area contributed by atoms with E-state index in [1.807, 2.05) is 25.1 Å². The summed E-state index contributed by atoms with van der Waals surface area (Å²) in [5, 5.41) is 0.693. The van der Waals surface area contributed by atoms with Crippen LogP contribution in [0.3, 0.4) is 0 Å². The van der Waals surface area contributed by atoms with Crippen LogP contribution in [0.4, 0.5) is 13.2 Å². The van der Waals surface area contributed by atoms with Gasteiger partial charge in [-0.15, -0.1) is 0 Å². The van der Waals surface area contributed by atoms with Crippen molar-refractivity contribution in [1.29, 1.82) is 0 Å². The maximum Gasteiger partial charge on any atom is 0.416 e. The Morgan fingerprint density at radius 1 is 1.09 bits per heavy atom. The van der Waals surface area contributed by atoms with Gasteiger partial charge in [0, 0.05) is 11.1 Å². The van der Waals surface area contributed by atoms with Gasteiger partial charge in [-0.1, -0.05) is 35.9 Å². The lowest BCUT2D eigenvalue weighted by Crippen LogP contribution is -2.11. The Kier molecular flexibility index (Phi) is 5.14. The van der Waals surface area contributed by atoms with Crippen molar-refractivity contribution in [2.24, 2.45) is 5.73 Å². The van der Waals surface area contributed by atoms with Gasteiger partial charge < -0.3 is 5.73 Å². The highest BCUT2D eigenvalue weighted by atomic mass is 35.5. The minimum Gasteiger partial charge on any atom is -0.324 e. The normalized spacial score (nSPS) is 13.2. The predicted molar refractivity (Wildman–Crippen MR) is 82.9 cm³/mol. The van der Waals surface area contributed by atoms with Crippen LogP contribution in [-0.2, 0) is 12.6 Å². The quantitative estimate of drug-likeness (QED) is 0.810. The second-order valence-electron chi connectivity index (χ2n) is 5.35. The number of benzene rings is 2. The number of hydrogen-bond donors (Lipinski definition) is 1. The lowest BCUT2D eigenvalue weighted by Gasteiger charge is -2.14. The van der Waals surface area contributed by atoms with Crippen LogP contribution in [0.2, 0.25) is 5.02 Å². The zero-order chi connectivity index (χ0) is 16.3. The van der Waals surface area contributed by atoms with E-state index in [4.69, 9.17) is 17.3 Å². The van der Waals surface area contributed by atoms with Gasteiger partial charge >= 0.3 is 6.18 Å². The van der Waals surface area contributed by atoms with Crippen molar-refractivity contribution in [3.8, 4) is 0 Å². The van der Waals surface area contributed by atoms with Crippen molar-refractivity contribution in [2.75, 3.05) is 0 Å². The Labute approximate surface area is 132 Å². The van der Waals surface area contributed by atoms with Crippen LogP contribution in [0.1, 0.15) is 34.7 Å². The third-order valence-electron chi connectivity index (χ3n) is 3.64. The van der Waals surface area contributed by atoms with Crippen LogP contribution in [0.25, 0.3) is 0 Å². The van der Waals surface area contributed by atoms with Crippen molar-refractivity contribution in [3.05, 3.63) is 69.7 Å². The summed E-state index contributed by atoms with van der Waals surface area (Å²) in [5.41, 5.74) is 8.29. The smallest absolute Gasteiger partial charge is 0.324 e. The van der Waals surface area contributed by atoms with Crippen LogP contribution in [0.5, 0.6) is 0 Å². The van der Waals surface area contributed by atoms with Crippen LogP contribution in [0, 0.1) is 6.92 Å². The van der Waals surface area contributed by atoms with Gasteiger partial charge in [-0.25, -0.2) is 0 Å². The van der Waals surface area contributed by atoms with E-state index in [9.17, 15) is 13.2 Å². The Morgan fingerprint density at radius 3 is 2.27 bits per heavy atom. The number of aryl methyl sites for hydroxylation is 2. The Bertz CT molecular complexity index is 635. The van der Waals surface area contributed by atoms with E-state index in [-0.39, 0.29) is 6.04 Å². The lowest BCUT2D eigenvalue weighted by atomic mass is 9.98. The van der Waals surface area contributed by atoms with Crippen molar-refractivity contribution < 1.29 is 13.2 Å². The summed E-state index contributed by atoms with van der Waals surface area (Å²) in [5.74, 6) is 0. The van der Waals surface area contributed by atoms with Gasteiger partial charge in [0.1, 0.15) is 0 Å². The van der Waals surface area contributed by atoms with Crippen molar-refractivity contribution in [2.45, 2.75) is 32.0 Å². The van der Waals surface area contributed by atoms with E-state index in [0.717, 1.165) is 28.8 Å². The summed E-state index contributed by atoms with van der Waals surface area (Å²) in [6.07, 6.45) is -3.01. The molecule has 0 heterocycles. The van der Waals surface area contributed by atoms with E-state index < -0.39 is 11.7 Å². The van der Waals surface area contributed by atoms with Crippen molar-refractivity contribution in [1.82, 2.24) is 0 Å². The third kappa shape index (κ3) is 4.24. The van der Waals surface area contributed by atoms with Gasteiger partial charge in [-0.2, -0.15) is 13.2 Å². The predicted octanol–water partition coefficient (Wildman–Crippen LogP) is 5.30. The number of halogens is 4. The molecule has 1 unspecified atom stereocenters. The molecule has 0 saturated heterocycles. The number of nitrogens with two attached hydrogens (primary N) is 1. The topological polar surface area (TPSA) is 26.0 Å². The number of alkyl halides is 3. The maximum absolute atomic E-state index is 12.5. The summed E-state index contributed by atoms with van der Waals surface area (Å²) in [4.78, 5) is 0. The minimum atomic E-state index is -4.30. The van der Waals surface area contributed by atoms with Crippen molar-refractivity contribution >= 4 is 11.6 Å². The molecule has 0 aliphatic heterocycles. The van der Waals surface area contributed by atoms with Gasteiger partial charge in [-0.3, -0.25) is 0 Å². The fourth-order valence-corrected chi connectivity index (χ4v) is 2.37. The average Bonchev–Trinajstić information content (AvgIpc) is 2.47. The standard InChI is InChI=1S/C17H17ClF3N/c1-11-10-13(5-8-15(11)18)16(22)9-4-12-2-6-14(7-3-12)17(19,20)21/h2-3,5-8,10,16H,4,9,22H2,1H3. The molecule has 22 heavy (non-hydrogen) atoms. The molecule has 118 valence electrons. The van der Waals surface area contributed by atoms with E-state index in [0.29, 0.717) is 17.9 Å². The second-order valence-corrected chi connectivity index (χ2v) is 5.76. The van der Waals surface area contributed by atoms with Gasteiger partial charge in [-0.05, 0) is 54.7 Å². The highest BCUT2D eigenvalue weighted by Crippen LogP contribution is 2.29. The highest BCUT2D eigenvalue weighted by molar-refractivity contribution is 6.31. The molecule has 5 heteroatoms. The van der Waals surface area contributed by atoms with E-state index in [2.05, 4.69) is 0 Å². The summed E-state index contributed by atoms with van der Waals surface area (Å²) >= 11 is 5.98. The molecular formula is C17H17ClF3N. The van der Waals surface area contributed by atoms with Crippen LogP contribution in [0.15, 0.2) is 42.5 Å². The van der Waals surface area contributed by atoms with Gasteiger partial charge in [0.2, 0.25) is 0 Å². The molecule has 0 aliphatic rings. The first kappa shape index (κ1) is 16.8. The monoisotopic (exact) mass is 327 g/mol. The maximum atomic E-state index is 12.5. The van der Waals surface area contributed by atoms with E-state index >= 15 is 0 Å². The van der Waals surface area contributed by atoms with Crippen LogP contribution in [-0.4, -0.2) is 0 Å². The molecule has 0 aliphatic carbocycles. The largest absolute Gasteiger partial charge is 0.416 e. The molecule has 0 spiro atoms. The van der Waals surface area contributed by atoms with E-state index in [1.165, 1.54) is 12.1 Å². The first-order valence-electron chi connectivity index (χ1n) is 6.95. The Balaban J connectivity index is 1.98. The van der Waals surface area contributed by atoms with Crippen LogP contribution >= 0.6 is 11.6 Å². The van der Waals surface area contributed by atoms with Crippen molar-refractivity contribution in [3.63, 3.8) is 0 Å². The third-order valence-corrected chi connectivity index (χ3v) is 4.06. The number of rotatable bonds is 4. The second kappa shape index (κ2) is 6.71. The first-order chi connectivity index (χ1) is 10.3. The van der Waals surface area contributed by atoms with Gasteiger partial charge in [0.25, 0.3) is 0 Å². The molecule has 2 rings (SSSR count). The summed E-state index contributed by atoms with van der Waals surface area (Å²) in [6, 6.07) is 10.7. The zero-order valence-corrected chi connectivity index (χ0v) is 12.9. The molecule has 0 amide bonds. The summed E-state index contributed by atoms with van der Waals surface area (Å²) in [7, 11) is 0. The molecule has 2 N–H and O–H groups in total. The Hall–Kier alpha value is -1.52. The molecule has 0 bridgehead atoms. The van der Waals surface area contributed by atoms with Gasteiger partial charge in [0.15, 0.2) is 0 Å². The lowest BCUT2D eigenvalue weighted by molar-refractivity contribution is -0.137. The molecule has 2 aromatic carbocycles. The molecule has 1 atom stereocenters. The van der Waals surface area contributed by atoms with E-state index in [1.54, 1.807) is 0 Å². The molecule has 1 nitrogen and oxygen atoms in total. The zero-order valence-electron chi connectivity index (χ0n) is 12.1. The Morgan fingerprint density at radius 2 is 1.73 bits per heavy atom. The molecule has 0 saturated carbocycles. The first-order valence-corrected chi connectivity index (χ1v) is 7.33. The van der Waals surface area contributed by atoms with Gasteiger partial charge in [0.05, 0.1) is 5.56 Å². The molecule has 0 aromatic heterocycles. The minimum absolute atomic E-state index is 0.168. The molecular weight excluding hydrogens is 311 g/mol. The summed E-state index contributed by atoms with van der Waals surface area (Å²) < 4.78 is 37.5. The fourth-order valence-electron chi connectivity index (χ4n) is 2.25. The summed E-state index contributed by atoms with van der Waals surface area (Å²) in [6.45, 7) is 1.91.